The lowest BCUT2D eigenvalue weighted by Gasteiger charge is -2.26. The Morgan fingerprint density at radius 1 is 0.422 bits per heavy atom. The van der Waals surface area contributed by atoms with E-state index in [9.17, 15) is 23.6 Å². The van der Waals surface area contributed by atoms with E-state index in [2.05, 4.69) is 124 Å². The molecule has 12 aromatic heterocycles. The van der Waals surface area contributed by atoms with Crippen LogP contribution in [-0.2, 0) is 0 Å². The van der Waals surface area contributed by atoms with E-state index in [1.165, 1.54) is 24.0 Å². The molecule has 0 aromatic carbocycles. The van der Waals surface area contributed by atoms with Crippen molar-refractivity contribution in [2.45, 2.75) is 108 Å². The molecule has 36 nitrogen and oxygen atoms in total. The minimum absolute atomic E-state index is 0.00890. The smallest absolute Gasteiger partial charge is 0.257 e. The van der Waals surface area contributed by atoms with Crippen molar-refractivity contribution in [3.05, 3.63) is 145 Å². The summed E-state index contributed by atoms with van der Waals surface area (Å²) < 4.78 is 41.0. The van der Waals surface area contributed by atoms with Crippen molar-refractivity contribution in [2.24, 2.45) is 0 Å². The predicted molar refractivity (Wildman–Crippen MR) is 407 cm³/mol. The number of halogens is 1. The highest BCUT2D eigenvalue weighted by atomic mass is 19.1. The number of ether oxygens (including phenoxy) is 4. The summed E-state index contributed by atoms with van der Waals surface area (Å²) in [5.41, 5.74) is 6.06. The van der Waals surface area contributed by atoms with E-state index in [0.717, 1.165) is 51.4 Å². The molecule has 4 aliphatic carbocycles. The number of rotatable bonds is 25. The second-order valence-corrected chi connectivity index (χ2v) is 25.8. The zero-order valence-corrected chi connectivity index (χ0v) is 61.2. The van der Waals surface area contributed by atoms with Crippen LogP contribution in [0.3, 0.4) is 0 Å². The van der Waals surface area contributed by atoms with Crippen LogP contribution in [0.1, 0.15) is 113 Å². The molecule has 2 atom stereocenters. The summed E-state index contributed by atoms with van der Waals surface area (Å²) in [6, 6.07) is 22.0. The lowest BCUT2D eigenvalue weighted by Crippen LogP contribution is -2.39. The van der Waals surface area contributed by atoms with Gasteiger partial charge >= 0.3 is 0 Å². The Labute approximate surface area is 623 Å². The molecule has 0 bridgehead atoms. The second-order valence-electron chi connectivity index (χ2n) is 25.8. The number of alkyl halides is 1. The molecule has 12 heterocycles. The molecule has 0 aliphatic heterocycles. The van der Waals surface area contributed by atoms with Crippen molar-refractivity contribution in [1.29, 1.82) is 0 Å². The largest absolute Gasteiger partial charge is 0.480 e. The summed E-state index contributed by atoms with van der Waals surface area (Å²) in [4.78, 5) is 85.3. The third-order valence-electron chi connectivity index (χ3n) is 17.8. The summed E-state index contributed by atoms with van der Waals surface area (Å²) in [6.07, 6.45) is 20.4. The zero-order chi connectivity index (χ0) is 76.2. The number of anilines is 12. The van der Waals surface area contributed by atoms with Crippen LogP contribution in [-0.4, -0.2) is 188 Å². The number of fused-ring (bicyclic) bond motifs is 4. The standard InChI is InChI=1S/C20H25N7O2.C18H21N7O2.C17H18FN7O2.C17H19N7O2/c1-12(2)29-20-15(8-5-9-22-20)25-16-10-17(21-3)27-18(26-16)14(11-23-27)19(28)24-13-6-4-7-13;1-19-15-9-14(23-13-7-4-8-20-18(13)27-2)24-16-12(10-21-25(15)16)17(26)22-11-5-3-6-11;1-19-14-7-13(22-11-4-3-5-20-17(11)27-2)24-15-9(8-21-25(14)15)16(26)23-12-6-10(12)18;1-18-14-8-13(22-12-4-3-7-19-17(12)26-2)23-15-11(9-20-24(14)15)16(25)21-10-5-6-10/h5,8-13,21H,4,6-7H2,1-3H3,(H,24,28)(H,25,26);4,7-11,19H,3,5-6H2,1-2H3,(H,22,26)(H,23,24);3-5,7-8,10,12,19H,6H2,1-2H3,(H,22,24)(H,23,26);3-4,7-10,18H,5-6H2,1-2H3,(H,21,25)(H,22,23)/t;;10-,12+;/m..1./s1. The van der Waals surface area contributed by atoms with Gasteiger partial charge in [-0.15, -0.1) is 0 Å². The molecular formula is C72H83FN28O8. The Morgan fingerprint density at radius 3 is 0.945 bits per heavy atom. The third kappa shape index (κ3) is 17.1. The topological polar surface area (TPSA) is 422 Å². The number of pyridine rings is 4. The van der Waals surface area contributed by atoms with Crippen LogP contribution in [0.4, 0.5) is 73.7 Å². The monoisotopic (exact) mass is 1490 g/mol. The summed E-state index contributed by atoms with van der Waals surface area (Å²) in [6.45, 7) is 3.89. The van der Waals surface area contributed by atoms with E-state index < -0.39 is 18.1 Å². The normalized spacial score (nSPS) is 14.9. The van der Waals surface area contributed by atoms with Crippen molar-refractivity contribution in [2.75, 3.05) is 92.1 Å². The van der Waals surface area contributed by atoms with Gasteiger partial charge in [-0.2, -0.15) is 38.5 Å². The Hall–Kier alpha value is -13.5. The van der Waals surface area contributed by atoms with Crippen LogP contribution in [0.2, 0.25) is 0 Å². The van der Waals surface area contributed by atoms with E-state index in [-0.39, 0.29) is 47.5 Å². The van der Waals surface area contributed by atoms with Gasteiger partial charge in [-0.3, -0.25) is 19.2 Å². The molecule has 109 heavy (non-hydrogen) atoms. The SMILES string of the molecule is CNc1cc(Nc2cccnc2OC(C)C)nc2c(C(=O)NC3CCC3)cnn12.CNc1cc(Nc2cccnc2OC)nc2c(C(=O)NC3CC3)cnn12.CNc1cc(Nc2cccnc2OC)nc2c(C(=O)NC3CCC3)cnn12.CNc1cc(Nc2cccnc2OC)nc2c(C(=O)N[C@H]3C[C@H]3F)cnn12. The van der Waals surface area contributed by atoms with E-state index in [1.54, 1.807) is 136 Å². The fraction of sp³-hybridized carbons (Fsp3) is 0.333. The minimum atomic E-state index is -0.980. The van der Waals surface area contributed by atoms with Gasteiger partial charge in [0.1, 0.15) is 97.7 Å². The van der Waals surface area contributed by atoms with Gasteiger partial charge in [-0.1, -0.05) is 0 Å². The molecule has 4 fully saturated rings. The number of nitrogens with one attached hydrogen (secondary N) is 12. The average Bonchev–Trinajstić information content (AvgIpc) is 1.67. The van der Waals surface area contributed by atoms with Crippen LogP contribution in [0, 0.1) is 0 Å². The first-order valence-electron chi connectivity index (χ1n) is 35.3. The Kier molecular flexibility index (Phi) is 22.5. The lowest BCUT2D eigenvalue weighted by molar-refractivity contribution is 0.0910. The number of amides is 4. The van der Waals surface area contributed by atoms with Crippen molar-refractivity contribution >= 4 is 116 Å². The van der Waals surface area contributed by atoms with Gasteiger partial charge in [0.05, 0.1) is 58.3 Å². The number of carbonyl (C=O) groups excluding carboxylic acids is 4. The van der Waals surface area contributed by atoms with E-state index >= 15 is 0 Å². The van der Waals surface area contributed by atoms with Gasteiger partial charge < -0.3 is 82.7 Å². The Morgan fingerprint density at radius 2 is 0.697 bits per heavy atom. The second kappa shape index (κ2) is 33.3. The molecule has 16 rings (SSSR count). The maximum Gasteiger partial charge on any atom is 0.257 e. The van der Waals surface area contributed by atoms with Gasteiger partial charge in [0.2, 0.25) is 23.5 Å². The fourth-order valence-electron chi connectivity index (χ4n) is 11.4. The van der Waals surface area contributed by atoms with Crippen LogP contribution in [0.25, 0.3) is 22.6 Å². The van der Waals surface area contributed by atoms with Gasteiger partial charge in [0.15, 0.2) is 22.6 Å². The summed E-state index contributed by atoms with van der Waals surface area (Å²) in [5, 5.41) is 53.9. The quantitative estimate of drug-likeness (QED) is 0.0254. The number of nitrogens with zero attached hydrogens (tertiary/aromatic N) is 16. The predicted octanol–water partition coefficient (Wildman–Crippen LogP) is 8.75. The van der Waals surface area contributed by atoms with Gasteiger partial charge in [0, 0.05) is 102 Å². The molecule has 12 N–H and O–H groups in total. The molecule has 0 unspecified atom stereocenters. The summed E-state index contributed by atoms with van der Waals surface area (Å²) in [5.74, 6) is 5.83. The molecule has 0 spiro atoms. The first-order chi connectivity index (χ1) is 53.0. The molecule has 4 saturated carbocycles. The van der Waals surface area contributed by atoms with Gasteiger partial charge in [-0.25, -0.2) is 44.3 Å². The average molecular weight is 1490 g/mol. The first-order valence-corrected chi connectivity index (χ1v) is 35.3. The van der Waals surface area contributed by atoms with Crippen LogP contribution in [0.15, 0.2) is 122 Å². The highest BCUT2D eigenvalue weighted by Gasteiger charge is 2.39. The Balaban J connectivity index is 0.000000128. The van der Waals surface area contributed by atoms with Crippen molar-refractivity contribution in [1.82, 2.24) is 99.6 Å². The van der Waals surface area contributed by atoms with E-state index in [1.807, 2.05) is 44.2 Å². The molecule has 4 amide bonds. The summed E-state index contributed by atoms with van der Waals surface area (Å²) in [7, 11) is 11.8. The third-order valence-corrected chi connectivity index (χ3v) is 17.8. The first kappa shape index (κ1) is 73.8. The Bertz CT molecular complexity index is 5120. The molecule has 566 valence electrons. The molecule has 0 saturated heterocycles. The van der Waals surface area contributed by atoms with E-state index in [0.29, 0.717) is 139 Å². The highest BCUT2D eigenvalue weighted by molar-refractivity contribution is 6.03. The number of hydrogen-bond donors (Lipinski definition) is 12. The summed E-state index contributed by atoms with van der Waals surface area (Å²) >= 11 is 0. The molecule has 0 radical (unpaired) electrons. The van der Waals surface area contributed by atoms with Crippen molar-refractivity contribution in [3.63, 3.8) is 0 Å². The van der Waals surface area contributed by atoms with Crippen LogP contribution >= 0.6 is 0 Å². The maximum atomic E-state index is 13.1. The van der Waals surface area contributed by atoms with E-state index in [4.69, 9.17) is 18.9 Å². The zero-order valence-electron chi connectivity index (χ0n) is 61.2. The highest BCUT2D eigenvalue weighted by Crippen LogP contribution is 2.34. The van der Waals surface area contributed by atoms with Crippen LogP contribution < -0.4 is 82.7 Å². The van der Waals surface area contributed by atoms with Gasteiger partial charge in [-0.05, 0) is 114 Å². The molecule has 37 heteroatoms. The number of carbonyl (C=O) groups is 4. The lowest BCUT2D eigenvalue weighted by atomic mass is 9.93. The van der Waals surface area contributed by atoms with Crippen molar-refractivity contribution < 1.29 is 42.5 Å². The van der Waals surface area contributed by atoms with Crippen molar-refractivity contribution in [3.8, 4) is 23.5 Å². The molecule has 12 aromatic rings. The van der Waals surface area contributed by atoms with Crippen LogP contribution in [0.5, 0.6) is 23.5 Å². The minimum Gasteiger partial charge on any atom is -0.480 e. The number of hydrogen-bond acceptors (Lipinski definition) is 28. The number of aromatic nitrogens is 16. The van der Waals surface area contributed by atoms with Gasteiger partial charge in [0.25, 0.3) is 23.6 Å². The molecule has 4 aliphatic rings. The number of methoxy groups -OCH3 is 3. The fourth-order valence-corrected chi connectivity index (χ4v) is 11.4. The maximum absolute atomic E-state index is 13.1. The molecular weight excluding hydrogens is 1400 g/mol.